The monoisotopic (exact) mass is 246 g/mol. The normalized spacial score (nSPS) is 26.6. The van der Waals surface area contributed by atoms with E-state index in [-0.39, 0.29) is 0 Å². The van der Waals surface area contributed by atoms with Gasteiger partial charge in [0, 0.05) is 11.8 Å². The minimum absolute atomic E-state index is 0.553. The van der Waals surface area contributed by atoms with Gasteiger partial charge in [-0.25, -0.2) is 4.39 Å². The Kier molecular flexibility index (Phi) is 4.71. The highest BCUT2D eigenvalue weighted by atomic mass is 79.9. The van der Waals surface area contributed by atoms with Gasteiger partial charge in [0.25, 0.3) is 0 Å². The van der Waals surface area contributed by atoms with Gasteiger partial charge in [0.1, 0.15) is 5.67 Å². The van der Waals surface area contributed by atoms with Crippen molar-refractivity contribution in [1.29, 1.82) is 0 Å². The molecule has 0 bridgehead atoms. The van der Waals surface area contributed by atoms with Crippen LogP contribution in [-0.2, 0) is 0 Å². The van der Waals surface area contributed by atoms with E-state index in [4.69, 9.17) is 0 Å². The van der Waals surface area contributed by atoms with Crippen LogP contribution in [0.25, 0.3) is 0 Å². The number of alkyl halides is 2. The molecular formula is C11H16BrF. The van der Waals surface area contributed by atoms with E-state index in [0.29, 0.717) is 12.8 Å². The lowest BCUT2D eigenvalue weighted by molar-refractivity contribution is 0.209. The van der Waals surface area contributed by atoms with Gasteiger partial charge in [-0.15, -0.1) is 0 Å². The van der Waals surface area contributed by atoms with Gasteiger partial charge in [-0.1, -0.05) is 40.6 Å². The van der Waals surface area contributed by atoms with Crippen LogP contribution in [0.15, 0.2) is 24.3 Å². The molecule has 2 heteroatoms. The van der Waals surface area contributed by atoms with Crippen LogP contribution in [0.5, 0.6) is 0 Å². The maximum atomic E-state index is 13.9. The third-order valence-corrected chi connectivity index (χ3v) is 2.89. The molecule has 0 nitrogen and oxygen atoms in total. The van der Waals surface area contributed by atoms with Gasteiger partial charge < -0.3 is 0 Å². The zero-order valence-corrected chi connectivity index (χ0v) is 9.39. The molecule has 1 aliphatic carbocycles. The molecule has 0 aromatic heterocycles. The maximum absolute atomic E-state index is 13.9. The lowest BCUT2D eigenvalue weighted by Crippen LogP contribution is -2.19. The summed E-state index contributed by atoms with van der Waals surface area (Å²) >= 11 is 3.37. The van der Waals surface area contributed by atoms with Crippen LogP contribution in [0.1, 0.15) is 32.1 Å². The molecule has 0 aliphatic heterocycles. The van der Waals surface area contributed by atoms with Crippen molar-refractivity contribution in [2.24, 2.45) is 0 Å². The van der Waals surface area contributed by atoms with E-state index >= 15 is 0 Å². The van der Waals surface area contributed by atoms with Gasteiger partial charge in [-0.3, -0.25) is 0 Å². The smallest absolute Gasteiger partial charge is 0.132 e. The van der Waals surface area contributed by atoms with Crippen molar-refractivity contribution < 1.29 is 4.39 Å². The van der Waals surface area contributed by atoms with Crippen LogP contribution >= 0.6 is 15.9 Å². The van der Waals surface area contributed by atoms with E-state index < -0.39 is 5.67 Å². The Labute approximate surface area is 88.0 Å². The Bertz CT molecular complexity index is 198. The van der Waals surface area contributed by atoms with Crippen molar-refractivity contribution in [2.45, 2.75) is 37.8 Å². The third kappa shape index (κ3) is 4.08. The molecule has 0 saturated heterocycles. The van der Waals surface area contributed by atoms with Gasteiger partial charge in [0.15, 0.2) is 0 Å². The van der Waals surface area contributed by atoms with E-state index in [1.54, 1.807) is 6.08 Å². The van der Waals surface area contributed by atoms with Crippen LogP contribution in [0.2, 0.25) is 0 Å². The molecule has 1 atom stereocenters. The number of allylic oxidation sites excluding steroid dienone is 4. The van der Waals surface area contributed by atoms with Gasteiger partial charge in [-0.05, 0) is 25.3 Å². The van der Waals surface area contributed by atoms with Crippen molar-refractivity contribution in [1.82, 2.24) is 0 Å². The summed E-state index contributed by atoms with van der Waals surface area (Å²) < 4.78 is 13.9. The number of rotatable bonds is 5. The fourth-order valence-electron chi connectivity index (χ4n) is 1.51. The molecule has 0 fully saturated rings. The summed E-state index contributed by atoms with van der Waals surface area (Å²) in [4.78, 5) is 0. The summed E-state index contributed by atoms with van der Waals surface area (Å²) in [6.07, 6.45) is 11.8. The second-order valence-electron chi connectivity index (χ2n) is 3.53. The molecule has 13 heavy (non-hydrogen) atoms. The summed E-state index contributed by atoms with van der Waals surface area (Å²) in [7, 11) is 0. The van der Waals surface area contributed by atoms with E-state index in [1.165, 1.54) is 0 Å². The van der Waals surface area contributed by atoms with Gasteiger partial charge >= 0.3 is 0 Å². The highest BCUT2D eigenvalue weighted by Crippen LogP contribution is 2.28. The average Bonchev–Trinajstić information content (AvgIpc) is 2.14. The Hall–Kier alpha value is -0.110. The first kappa shape index (κ1) is 11.0. The zero-order chi connectivity index (χ0) is 9.57. The zero-order valence-electron chi connectivity index (χ0n) is 7.81. The van der Waals surface area contributed by atoms with E-state index in [9.17, 15) is 4.39 Å². The van der Waals surface area contributed by atoms with Crippen molar-refractivity contribution in [3.8, 4) is 0 Å². The van der Waals surface area contributed by atoms with Gasteiger partial charge in [0.2, 0.25) is 0 Å². The standard InChI is InChI=1S/C11H16BrF/c12-10-6-2-5-9-11(13)7-3-1-4-8-11/h1,3-4,7H,2,5-6,8-10H2. The molecule has 74 valence electrons. The highest BCUT2D eigenvalue weighted by molar-refractivity contribution is 9.09. The Balaban J connectivity index is 2.19. The first-order valence-electron chi connectivity index (χ1n) is 4.86. The van der Waals surface area contributed by atoms with Crippen LogP contribution in [0, 0.1) is 0 Å². The average molecular weight is 247 g/mol. The summed E-state index contributed by atoms with van der Waals surface area (Å²) in [6, 6.07) is 0. The first-order valence-corrected chi connectivity index (χ1v) is 5.98. The molecule has 0 spiro atoms. The predicted octanol–water partition coefficient (Wildman–Crippen LogP) is 4.17. The number of unbranched alkanes of at least 4 members (excludes halogenated alkanes) is 2. The van der Waals surface area contributed by atoms with Crippen LogP contribution in [0.3, 0.4) is 0 Å². The van der Waals surface area contributed by atoms with Crippen molar-refractivity contribution >= 4 is 15.9 Å². The van der Waals surface area contributed by atoms with E-state index in [1.807, 2.05) is 18.2 Å². The molecule has 0 aromatic rings. The lowest BCUT2D eigenvalue weighted by atomic mass is 9.91. The van der Waals surface area contributed by atoms with Gasteiger partial charge in [-0.2, -0.15) is 0 Å². The maximum Gasteiger partial charge on any atom is 0.132 e. The second kappa shape index (κ2) is 5.58. The summed E-state index contributed by atoms with van der Waals surface area (Å²) in [5.41, 5.74) is -1.05. The topological polar surface area (TPSA) is 0 Å². The fraction of sp³-hybridized carbons (Fsp3) is 0.636. The Morgan fingerprint density at radius 1 is 1.23 bits per heavy atom. The Morgan fingerprint density at radius 3 is 2.69 bits per heavy atom. The minimum Gasteiger partial charge on any atom is -0.239 e. The highest BCUT2D eigenvalue weighted by Gasteiger charge is 2.24. The largest absolute Gasteiger partial charge is 0.239 e. The summed E-state index contributed by atoms with van der Waals surface area (Å²) in [6.45, 7) is 0. The lowest BCUT2D eigenvalue weighted by Gasteiger charge is -2.21. The molecular weight excluding hydrogens is 231 g/mol. The van der Waals surface area contributed by atoms with Crippen LogP contribution < -0.4 is 0 Å². The minimum atomic E-state index is -1.05. The van der Waals surface area contributed by atoms with Crippen molar-refractivity contribution in [3.05, 3.63) is 24.3 Å². The van der Waals surface area contributed by atoms with E-state index in [0.717, 1.165) is 24.6 Å². The molecule has 0 saturated carbocycles. The number of hydrogen-bond donors (Lipinski definition) is 0. The molecule has 1 aliphatic rings. The molecule has 0 aromatic carbocycles. The second-order valence-corrected chi connectivity index (χ2v) is 4.32. The molecule has 1 unspecified atom stereocenters. The first-order chi connectivity index (χ1) is 6.27. The molecule has 0 radical (unpaired) electrons. The Morgan fingerprint density at radius 2 is 2.08 bits per heavy atom. The third-order valence-electron chi connectivity index (χ3n) is 2.33. The van der Waals surface area contributed by atoms with Crippen molar-refractivity contribution in [3.63, 3.8) is 0 Å². The molecule has 0 amide bonds. The van der Waals surface area contributed by atoms with Crippen molar-refractivity contribution in [2.75, 3.05) is 5.33 Å². The molecule has 0 heterocycles. The summed E-state index contributed by atoms with van der Waals surface area (Å²) in [5, 5.41) is 1.03. The quantitative estimate of drug-likeness (QED) is 0.505. The molecule has 1 rings (SSSR count). The fourth-order valence-corrected chi connectivity index (χ4v) is 1.91. The van der Waals surface area contributed by atoms with Crippen LogP contribution in [0.4, 0.5) is 4.39 Å². The number of halogens is 2. The molecule has 0 N–H and O–H groups in total. The van der Waals surface area contributed by atoms with E-state index in [2.05, 4.69) is 15.9 Å². The van der Waals surface area contributed by atoms with Crippen LogP contribution in [-0.4, -0.2) is 11.0 Å². The predicted molar refractivity (Wildman–Crippen MR) is 59.0 cm³/mol. The number of hydrogen-bond acceptors (Lipinski definition) is 0. The summed E-state index contributed by atoms with van der Waals surface area (Å²) in [5.74, 6) is 0. The van der Waals surface area contributed by atoms with Gasteiger partial charge in [0.05, 0.1) is 0 Å². The SMILES string of the molecule is FC1(CCCCCBr)C=CC=CC1.